The Kier molecular flexibility index (Phi) is 18.5. The van der Waals surface area contributed by atoms with E-state index in [9.17, 15) is 27.2 Å². The summed E-state index contributed by atoms with van der Waals surface area (Å²) < 4.78 is 56.8. The quantitative estimate of drug-likeness (QED) is 0.0848. The molecule has 2 N–H and O–H groups in total. The predicted octanol–water partition coefficient (Wildman–Crippen LogP) is 9.31. The van der Waals surface area contributed by atoms with Gasteiger partial charge in [0, 0.05) is 24.3 Å². The summed E-state index contributed by atoms with van der Waals surface area (Å²) in [5, 5.41) is 34.2. The average Bonchev–Trinajstić information content (AvgIpc) is 3.03. The van der Waals surface area contributed by atoms with Gasteiger partial charge in [0.1, 0.15) is 58.0 Å². The Hall–Kier alpha value is -5.10. The van der Waals surface area contributed by atoms with Gasteiger partial charge in [0.15, 0.2) is 0 Å². The van der Waals surface area contributed by atoms with E-state index in [1.165, 1.54) is 17.7 Å². The third kappa shape index (κ3) is 13.7. The molecule has 0 aliphatic heterocycles. The molecule has 0 heterocycles. The Bertz CT molecular complexity index is 1690. The molecule has 0 saturated carbocycles. The molecule has 0 radical (unpaired) electrons. The van der Waals surface area contributed by atoms with E-state index in [4.69, 9.17) is 48.7 Å². The number of esters is 1. The maximum atomic E-state index is 13.4. The van der Waals surface area contributed by atoms with E-state index >= 15 is 0 Å². The van der Waals surface area contributed by atoms with Crippen molar-refractivity contribution < 1.29 is 42.1 Å². The average molecular weight is 706 g/mol. The van der Waals surface area contributed by atoms with Crippen molar-refractivity contribution in [3.8, 4) is 23.6 Å². The number of ether oxygens (including phenoxy) is 1. The van der Waals surface area contributed by atoms with E-state index in [0.717, 1.165) is 43.4 Å². The maximum Gasteiger partial charge on any atom is 0.343 e. The monoisotopic (exact) mass is 704 g/mol. The van der Waals surface area contributed by atoms with Gasteiger partial charge in [-0.3, -0.25) is 0 Å². The third-order valence-electron chi connectivity index (χ3n) is 5.94. The topological polar surface area (TPSA) is 131 Å². The lowest BCUT2D eigenvalue weighted by atomic mass is 10.1. The first kappa shape index (κ1) is 40.9. The molecule has 252 valence electrons. The molecule has 0 saturated heterocycles. The predicted molar refractivity (Wildman–Crippen MR) is 173 cm³/mol. The first-order valence-corrected chi connectivity index (χ1v) is 15.1. The van der Waals surface area contributed by atoms with Gasteiger partial charge in [-0.2, -0.15) is 10.5 Å². The number of carbonyl (C=O) groups is 2. The van der Waals surface area contributed by atoms with E-state index in [1.54, 1.807) is 36.4 Å². The lowest BCUT2D eigenvalue weighted by Crippen LogP contribution is -2.09. The summed E-state index contributed by atoms with van der Waals surface area (Å²) >= 11 is 9.53. The molecule has 4 rings (SSSR count). The normalized spacial score (nSPS) is 9.54. The number of hydrogen-bond donors (Lipinski definition) is 2. The van der Waals surface area contributed by atoms with Gasteiger partial charge in [0.2, 0.25) is 0 Å². The standard InChI is InChI=1S/C17H13F2NO2.C10H12O2.C7H3F2NO.CH2Cl2/c1-2-3-11-4-6-12(7-5-11)17(21)22-13-8-15(18)14(10-20)16(19)9-13;1-2-3-8-4-6-9(7-5-8)10(11)12;8-6-1-4(11)2-7(9)5(6)3-10;2-1-3/h4-9H,2-3H2,1H3;4-7H,2-3H2,1H3,(H,11,12);1-2,11H;1H2. The third-order valence-corrected chi connectivity index (χ3v) is 5.94. The Labute approximate surface area is 285 Å². The molecule has 13 heteroatoms. The zero-order chi connectivity index (χ0) is 36.2. The minimum atomic E-state index is -1.07. The number of nitrogens with zero attached hydrogens (tertiary/aromatic N) is 2. The van der Waals surface area contributed by atoms with Crippen LogP contribution in [-0.4, -0.2) is 27.5 Å². The van der Waals surface area contributed by atoms with Crippen LogP contribution in [0.15, 0.2) is 72.8 Å². The summed E-state index contributed by atoms with van der Waals surface area (Å²) in [6.07, 6.45) is 4.00. The highest BCUT2D eigenvalue weighted by Gasteiger charge is 2.15. The second-order valence-corrected chi connectivity index (χ2v) is 10.3. The van der Waals surface area contributed by atoms with Crippen LogP contribution in [0.1, 0.15) is 69.7 Å². The summed E-state index contributed by atoms with van der Waals surface area (Å²) in [7, 11) is 0. The molecule has 0 fully saturated rings. The lowest BCUT2D eigenvalue weighted by molar-refractivity contribution is 0.0694. The molecule has 4 aromatic rings. The summed E-state index contributed by atoms with van der Waals surface area (Å²) in [5.41, 5.74) is 1.54. The van der Waals surface area contributed by atoms with Gasteiger partial charge in [-0.25, -0.2) is 27.2 Å². The van der Waals surface area contributed by atoms with Crippen LogP contribution in [0.4, 0.5) is 17.6 Å². The molecule has 0 bridgehead atoms. The highest BCUT2D eigenvalue weighted by atomic mass is 35.5. The lowest BCUT2D eigenvalue weighted by Gasteiger charge is -2.06. The molecular weight excluding hydrogens is 675 g/mol. The summed E-state index contributed by atoms with van der Waals surface area (Å²) in [6.45, 7) is 4.15. The van der Waals surface area contributed by atoms with Crippen LogP contribution in [0, 0.1) is 45.9 Å². The van der Waals surface area contributed by atoms with E-state index in [0.29, 0.717) is 17.7 Å². The van der Waals surface area contributed by atoms with Gasteiger partial charge in [0.05, 0.1) is 16.5 Å². The summed E-state index contributed by atoms with van der Waals surface area (Å²) in [4.78, 5) is 22.4. The SMILES string of the molecule is CCCc1ccc(C(=O)O)cc1.CCCc1ccc(C(=O)Oc2cc(F)c(C#N)c(F)c2)cc1.ClCCl.N#Cc1c(F)cc(O)cc1F. The number of benzene rings is 4. The van der Waals surface area contributed by atoms with Gasteiger partial charge >= 0.3 is 11.9 Å². The minimum Gasteiger partial charge on any atom is -0.508 e. The highest BCUT2D eigenvalue weighted by Crippen LogP contribution is 2.21. The molecule has 0 aromatic heterocycles. The van der Waals surface area contributed by atoms with E-state index in [2.05, 4.69) is 13.8 Å². The number of aryl methyl sites for hydroxylation is 2. The molecule has 0 aliphatic rings. The van der Waals surface area contributed by atoms with E-state index < -0.39 is 52.1 Å². The Morgan fingerprint density at radius 3 is 1.40 bits per heavy atom. The number of aromatic hydroxyl groups is 1. The number of carboxylic acid groups (broad SMARTS) is 1. The van der Waals surface area contributed by atoms with Gasteiger partial charge in [0.25, 0.3) is 0 Å². The number of nitriles is 2. The Morgan fingerprint density at radius 2 is 1.06 bits per heavy atom. The fourth-order valence-electron chi connectivity index (χ4n) is 3.75. The zero-order valence-corrected chi connectivity index (χ0v) is 27.3. The van der Waals surface area contributed by atoms with Crippen molar-refractivity contribution >= 4 is 35.1 Å². The minimum absolute atomic E-state index is 0.194. The molecule has 4 aromatic carbocycles. The molecule has 7 nitrogen and oxygen atoms in total. The van der Waals surface area contributed by atoms with Crippen molar-refractivity contribution in [3.63, 3.8) is 0 Å². The van der Waals surface area contributed by atoms with Crippen molar-refractivity contribution in [3.05, 3.63) is 129 Å². The van der Waals surface area contributed by atoms with Crippen molar-refractivity contribution in [1.82, 2.24) is 0 Å². The molecule has 0 atom stereocenters. The molecule has 0 spiro atoms. The van der Waals surface area contributed by atoms with Crippen LogP contribution in [0.25, 0.3) is 0 Å². The molecule has 0 unspecified atom stereocenters. The number of phenolic OH excluding ortho intramolecular Hbond substituents is 1. The second kappa shape index (κ2) is 21.6. The van der Waals surface area contributed by atoms with Crippen molar-refractivity contribution in [2.45, 2.75) is 39.5 Å². The van der Waals surface area contributed by atoms with E-state index in [1.807, 2.05) is 12.1 Å². The van der Waals surface area contributed by atoms with Crippen LogP contribution in [0.2, 0.25) is 0 Å². The van der Waals surface area contributed by atoms with E-state index in [-0.39, 0.29) is 16.7 Å². The summed E-state index contributed by atoms with van der Waals surface area (Å²) in [6, 6.07) is 19.6. The molecule has 0 aliphatic carbocycles. The van der Waals surface area contributed by atoms with Crippen LogP contribution < -0.4 is 4.74 Å². The van der Waals surface area contributed by atoms with Crippen LogP contribution in [-0.2, 0) is 12.8 Å². The Balaban J connectivity index is 0.000000374. The number of rotatable bonds is 7. The van der Waals surface area contributed by atoms with Crippen molar-refractivity contribution in [2.75, 3.05) is 5.34 Å². The van der Waals surface area contributed by atoms with Crippen LogP contribution >= 0.6 is 23.2 Å². The van der Waals surface area contributed by atoms with Crippen LogP contribution in [0.5, 0.6) is 11.5 Å². The van der Waals surface area contributed by atoms with Crippen LogP contribution in [0.3, 0.4) is 0 Å². The summed E-state index contributed by atoms with van der Waals surface area (Å²) in [5.74, 6) is -6.62. The maximum absolute atomic E-state index is 13.4. The van der Waals surface area contributed by atoms with Crippen molar-refractivity contribution in [1.29, 1.82) is 10.5 Å². The molecular formula is C35H30Cl2F4N2O5. The number of carbonyl (C=O) groups excluding carboxylic acids is 1. The zero-order valence-electron chi connectivity index (χ0n) is 25.7. The second-order valence-electron chi connectivity index (χ2n) is 9.46. The number of carboxylic acids is 1. The van der Waals surface area contributed by atoms with Gasteiger partial charge < -0.3 is 14.9 Å². The first-order chi connectivity index (χ1) is 22.8. The van der Waals surface area contributed by atoms with Gasteiger partial charge in [-0.05, 0) is 48.2 Å². The fraction of sp³-hybridized carbons (Fsp3) is 0.200. The van der Waals surface area contributed by atoms with Crippen molar-refractivity contribution in [2.24, 2.45) is 0 Å². The Morgan fingerprint density at radius 1 is 0.708 bits per heavy atom. The van der Waals surface area contributed by atoms with Gasteiger partial charge in [-0.15, -0.1) is 23.2 Å². The number of alkyl halides is 2. The number of halogens is 6. The number of aromatic carboxylic acids is 1. The number of hydrogen-bond acceptors (Lipinski definition) is 6. The molecule has 48 heavy (non-hydrogen) atoms. The smallest absolute Gasteiger partial charge is 0.343 e. The first-order valence-electron chi connectivity index (χ1n) is 14.1. The molecule has 0 amide bonds. The van der Waals surface area contributed by atoms with Gasteiger partial charge in [-0.1, -0.05) is 51.0 Å². The number of phenols is 1. The highest BCUT2D eigenvalue weighted by molar-refractivity contribution is 6.40. The fourth-order valence-corrected chi connectivity index (χ4v) is 3.75. The largest absolute Gasteiger partial charge is 0.508 e.